The monoisotopic (exact) mass is 316 g/mol. The Morgan fingerprint density at radius 1 is 1.40 bits per heavy atom. The van der Waals surface area contributed by atoms with E-state index in [9.17, 15) is 8.42 Å². The summed E-state index contributed by atoms with van der Waals surface area (Å²) in [4.78, 5) is 0.273. The summed E-state index contributed by atoms with van der Waals surface area (Å²) >= 11 is 6.13. The van der Waals surface area contributed by atoms with E-state index in [4.69, 9.17) is 11.6 Å². The molecule has 112 valence electrons. The third-order valence-corrected chi connectivity index (χ3v) is 5.41. The maximum absolute atomic E-state index is 12.2. The molecule has 0 amide bonds. The fourth-order valence-electron chi connectivity index (χ4n) is 1.81. The van der Waals surface area contributed by atoms with Gasteiger partial charge in [-0.05, 0) is 49.9 Å². The van der Waals surface area contributed by atoms with Crippen molar-refractivity contribution in [2.75, 3.05) is 0 Å². The Kier molecular flexibility index (Phi) is 5.07. The van der Waals surface area contributed by atoms with Crippen molar-refractivity contribution in [1.82, 2.24) is 10.0 Å². The lowest BCUT2D eigenvalue weighted by atomic mass is 10.2. The van der Waals surface area contributed by atoms with E-state index in [-0.39, 0.29) is 10.9 Å². The van der Waals surface area contributed by atoms with Crippen LogP contribution in [0.5, 0.6) is 0 Å². The predicted octanol–water partition coefficient (Wildman–Crippen LogP) is 2.67. The van der Waals surface area contributed by atoms with Gasteiger partial charge in [0.15, 0.2) is 0 Å². The minimum Gasteiger partial charge on any atom is -0.310 e. The maximum atomic E-state index is 12.2. The molecule has 1 saturated carbocycles. The summed E-state index contributed by atoms with van der Waals surface area (Å²) in [6.45, 7) is 4.40. The van der Waals surface area contributed by atoms with Crippen LogP contribution in [-0.4, -0.2) is 20.5 Å². The Morgan fingerprint density at radius 2 is 2.10 bits per heavy atom. The fraction of sp³-hybridized carbons (Fsp3) is 0.571. The first-order chi connectivity index (χ1) is 9.42. The summed E-state index contributed by atoms with van der Waals surface area (Å²) in [7, 11) is -3.47. The van der Waals surface area contributed by atoms with Crippen molar-refractivity contribution < 1.29 is 8.42 Å². The number of halogens is 1. The molecule has 20 heavy (non-hydrogen) atoms. The van der Waals surface area contributed by atoms with E-state index in [1.807, 2.05) is 13.8 Å². The average molecular weight is 317 g/mol. The van der Waals surface area contributed by atoms with Crippen LogP contribution in [0.25, 0.3) is 0 Å². The van der Waals surface area contributed by atoms with Crippen molar-refractivity contribution in [3.63, 3.8) is 0 Å². The molecule has 0 radical (unpaired) electrons. The van der Waals surface area contributed by atoms with Crippen molar-refractivity contribution >= 4 is 21.6 Å². The molecule has 1 aliphatic rings. The van der Waals surface area contributed by atoms with Gasteiger partial charge in [-0.15, -0.1) is 0 Å². The molecule has 6 heteroatoms. The van der Waals surface area contributed by atoms with Gasteiger partial charge in [0, 0.05) is 23.7 Å². The van der Waals surface area contributed by atoms with Gasteiger partial charge in [0.1, 0.15) is 0 Å². The van der Waals surface area contributed by atoms with Crippen molar-refractivity contribution in [2.24, 2.45) is 0 Å². The van der Waals surface area contributed by atoms with Crippen LogP contribution in [0.3, 0.4) is 0 Å². The summed E-state index contributed by atoms with van der Waals surface area (Å²) in [5.74, 6) is 0. The molecule has 1 unspecified atom stereocenters. The van der Waals surface area contributed by atoms with Crippen LogP contribution in [0, 0.1) is 0 Å². The highest BCUT2D eigenvalue weighted by molar-refractivity contribution is 7.89. The van der Waals surface area contributed by atoms with Crippen LogP contribution in [0.4, 0.5) is 0 Å². The lowest BCUT2D eigenvalue weighted by Gasteiger charge is -2.13. The first-order valence-electron chi connectivity index (χ1n) is 6.96. The molecule has 1 fully saturated rings. The molecule has 1 aromatic carbocycles. The summed E-state index contributed by atoms with van der Waals surface area (Å²) in [5, 5.41) is 3.94. The van der Waals surface area contributed by atoms with Gasteiger partial charge in [-0.25, -0.2) is 13.1 Å². The van der Waals surface area contributed by atoms with Gasteiger partial charge in [0.2, 0.25) is 10.0 Å². The molecule has 1 atom stereocenters. The second-order valence-electron chi connectivity index (χ2n) is 5.34. The third kappa shape index (κ3) is 4.19. The maximum Gasteiger partial charge on any atom is 0.240 e. The van der Waals surface area contributed by atoms with Gasteiger partial charge in [-0.3, -0.25) is 0 Å². The standard InChI is InChI=1S/C14H21ClN2O2S/c1-3-10(2)17-20(18,19)13-6-7-14(15)11(8-13)9-16-12-4-5-12/h6-8,10,12,16-17H,3-5,9H2,1-2H3. The molecule has 2 rings (SSSR count). The van der Waals surface area contributed by atoms with Crippen LogP contribution in [0.15, 0.2) is 23.1 Å². The first-order valence-corrected chi connectivity index (χ1v) is 8.82. The van der Waals surface area contributed by atoms with Crippen LogP contribution < -0.4 is 10.0 Å². The van der Waals surface area contributed by atoms with E-state index < -0.39 is 10.0 Å². The predicted molar refractivity (Wildman–Crippen MR) is 81.4 cm³/mol. The molecule has 0 aliphatic heterocycles. The van der Waals surface area contributed by atoms with Gasteiger partial charge in [-0.1, -0.05) is 18.5 Å². The lowest BCUT2D eigenvalue weighted by Crippen LogP contribution is -2.32. The molecule has 1 aromatic rings. The molecule has 1 aliphatic carbocycles. The average Bonchev–Trinajstić information content (AvgIpc) is 3.21. The largest absolute Gasteiger partial charge is 0.310 e. The van der Waals surface area contributed by atoms with Gasteiger partial charge in [-0.2, -0.15) is 0 Å². The summed E-state index contributed by atoms with van der Waals surface area (Å²) in [5.41, 5.74) is 0.825. The minimum atomic E-state index is -3.47. The van der Waals surface area contributed by atoms with Crippen LogP contribution in [0.1, 0.15) is 38.7 Å². The molecule has 0 bridgehead atoms. The number of sulfonamides is 1. The molecule has 0 saturated heterocycles. The molecule has 4 nitrogen and oxygen atoms in total. The van der Waals surface area contributed by atoms with Crippen molar-refractivity contribution in [3.05, 3.63) is 28.8 Å². The Labute approximate surface area is 126 Å². The van der Waals surface area contributed by atoms with Gasteiger partial charge in [0.05, 0.1) is 4.90 Å². The van der Waals surface area contributed by atoms with Crippen molar-refractivity contribution in [2.45, 2.75) is 56.6 Å². The fourth-order valence-corrected chi connectivity index (χ4v) is 3.37. The number of rotatable bonds is 7. The van der Waals surface area contributed by atoms with E-state index in [1.54, 1.807) is 18.2 Å². The van der Waals surface area contributed by atoms with Crippen LogP contribution in [0.2, 0.25) is 5.02 Å². The third-order valence-electron chi connectivity index (χ3n) is 3.45. The number of benzene rings is 1. The second kappa shape index (κ2) is 6.43. The Hall–Kier alpha value is -0.620. The van der Waals surface area contributed by atoms with E-state index in [1.165, 1.54) is 12.8 Å². The zero-order valence-electron chi connectivity index (χ0n) is 11.8. The Balaban J connectivity index is 2.16. The van der Waals surface area contributed by atoms with E-state index in [0.717, 1.165) is 12.0 Å². The zero-order valence-corrected chi connectivity index (χ0v) is 13.4. The van der Waals surface area contributed by atoms with Gasteiger partial charge >= 0.3 is 0 Å². The smallest absolute Gasteiger partial charge is 0.240 e. The normalized spacial score (nSPS) is 17.1. The van der Waals surface area contributed by atoms with Crippen molar-refractivity contribution in [1.29, 1.82) is 0 Å². The summed E-state index contributed by atoms with van der Waals surface area (Å²) < 4.78 is 27.1. The van der Waals surface area contributed by atoms with Gasteiger partial charge < -0.3 is 5.32 Å². The first kappa shape index (κ1) is 15.8. The molecule has 0 heterocycles. The van der Waals surface area contributed by atoms with Gasteiger partial charge in [0.25, 0.3) is 0 Å². The van der Waals surface area contributed by atoms with E-state index >= 15 is 0 Å². The highest BCUT2D eigenvalue weighted by atomic mass is 35.5. The minimum absolute atomic E-state index is 0.0799. The quantitative estimate of drug-likeness (QED) is 0.813. The topological polar surface area (TPSA) is 58.2 Å². The number of hydrogen-bond donors (Lipinski definition) is 2. The molecule has 0 aromatic heterocycles. The summed E-state index contributed by atoms with van der Waals surface area (Å²) in [6.07, 6.45) is 3.12. The molecular formula is C14H21ClN2O2S. The Morgan fingerprint density at radius 3 is 2.70 bits per heavy atom. The Bertz CT molecular complexity index is 571. The van der Waals surface area contributed by atoms with E-state index in [0.29, 0.717) is 17.6 Å². The highest BCUT2D eigenvalue weighted by Crippen LogP contribution is 2.23. The SMILES string of the molecule is CCC(C)NS(=O)(=O)c1ccc(Cl)c(CNC2CC2)c1. The van der Waals surface area contributed by atoms with Crippen LogP contribution >= 0.6 is 11.6 Å². The highest BCUT2D eigenvalue weighted by Gasteiger charge is 2.21. The molecular weight excluding hydrogens is 296 g/mol. The van der Waals surface area contributed by atoms with Crippen LogP contribution in [-0.2, 0) is 16.6 Å². The van der Waals surface area contributed by atoms with Crippen molar-refractivity contribution in [3.8, 4) is 0 Å². The lowest BCUT2D eigenvalue weighted by molar-refractivity contribution is 0.555. The zero-order chi connectivity index (χ0) is 14.8. The summed E-state index contributed by atoms with van der Waals surface area (Å²) in [6, 6.07) is 5.33. The number of hydrogen-bond acceptors (Lipinski definition) is 3. The second-order valence-corrected chi connectivity index (χ2v) is 7.46. The number of nitrogens with one attached hydrogen (secondary N) is 2. The molecule has 0 spiro atoms. The van der Waals surface area contributed by atoms with E-state index in [2.05, 4.69) is 10.0 Å². The molecule has 2 N–H and O–H groups in total.